The van der Waals surface area contributed by atoms with E-state index in [2.05, 4.69) is 5.32 Å². The van der Waals surface area contributed by atoms with E-state index in [0.29, 0.717) is 29.8 Å². The third kappa shape index (κ3) is 3.89. The maximum absolute atomic E-state index is 12.4. The summed E-state index contributed by atoms with van der Waals surface area (Å²) >= 11 is 6.18. The van der Waals surface area contributed by atoms with Crippen LogP contribution in [0.5, 0.6) is 5.75 Å². The number of carbonyl (C=O) groups excluding carboxylic acids is 1. The Labute approximate surface area is 131 Å². The molecule has 2 atom stereocenters. The van der Waals surface area contributed by atoms with E-state index in [1.807, 2.05) is 12.1 Å². The molecule has 2 rings (SSSR count). The van der Waals surface area contributed by atoms with Crippen LogP contribution < -0.4 is 15.8 Å². The van der Waals surface area contributed by atoms with Crippen LogP contribution in [0.1, 0.15) is 31.2 Å². The number of amides is 1. The Morgan fingerprint density at radius 3 is 2.90 bits per heavy atom. The van der Waals surface area contributed by atoms with Crippen molar-refractivity contribution in [3.63, 3.8) is 0 Å². The molecule has 116 valence electrons. The normalized spacial score (nSPS) is 21.9. The van der Waals surface area contributed by atoms with Gasteiger partial charge in [-0.3, -0.25) is 4.79 Å². The average Bonchev–Trinajstić information content (AvgIpc) is 2.53. The van der Waals surface area contributed by atoms with Crippen molar-refractivity contribution < 1.29 is 9.53 Å². The Balaban J connectivity index is 2.01. The summed E-state index contributed by atoms with van der Waals surface area (Å²) < 4.78 is 5.29. The Kier molecular flexibility index (Phi) is 5.88. The van der Waals surface area contributed by atoms with Crippen LogP contribution in [0.25, 0.3) is 0 Å². The zero-order valence-electron chi connectivity index (χ0n) is 12.4. The zero-order valence-corrected chi connectivity index (χ0v) is 13.2. The molecule has 1 amide bonds. The standard InChI is InChI=1S/C16H23ClN2O2/c1-21-15-8-4-7-14(17)13(15)10-19-16(20)12-6-3-2-5-11(12)9-18/h4,7-8,11-12H,2-3,5-6,9-10,18H2,1H3,(H,19,20). The van der Waals surface area contributed by atoms with Gasteiger partial charge in [0.1, 0.15) is 5.75 Å². The predicted molar refractivity (Wildman–Crippen MR) is 84.4 cm³/mol. The highest BCUT2D eigenvalue weighted by atomic mass is 35.5. The number of hydrogen-bond acceptors (Lipinski definition) is 3. The molecule has 0 heterocycles. The second-order valence-electron chi connectivity index (χ2n) is 5.53. The molecule has 0 aromatic heterocycles. The minimum absolute atomic E-state index is 0.0252. The van der Waals surface area contributed by atoms with E-state index < -0.39 is 0 Å². The smallest absolute Gasteiger partial charge is 0.223 e. The molecule has 0 spiro atoms. The fraction of sp³-hybridized carbons (Fsp3) is 0.562. The first-order valence-corrected chi connectivity index (χ1v) is 7.84. The van der Waals surface area contributed by atoms with E-state index in [1.54, 1.807) is 13.2 Å². The van der Waals surface area contributed by atoms with Gasteiger partial charge in [0.15, 0.2) is 0 Å². The molecular weight excluding hydrogens is 288 g/mol. The third-order valence-corrected chi connectivity index (χ3v) is 4.64. The zero-order chi connectivity index (χ0) is 15.2. The van der Waals surface area contributed by atoms with Crippen molar-refractivity contribution in [2.45, 2.75) is 32.2 Å². The SMILES string of the molecule is COc1cccc(Cl)c1CNC(=O)C1CCCCC1CN. The summed E-state index contributed by atoms with van der Waals surface area (Å²) in [4.78, 5) is 12.4. The van der Waals surface area contributed by atoms with Gasteiger partial charge in [0.25, 0.3) is 0 Å². The summed E-state index contributed by atoms with van der Waals surface area (Å²) in [6, 6.07) is 5.48. The van der Waals surface area contributed by atoms with Gasteiger partial charge in [0.05, 0.1) is 7.11 Å². The fourth-order valence-corrected chi connectivity index (χ4v) is 3.28. The number of carbonyl (C=O) groups is 1. The summed E-state index contributed by atoms with van der Waals surface area (Å²) in [5.41, 5.74) is 6.60. The number of halogens is 1. The van der Waals surface area contributed by atoms with Crippen molar-refractivity contribution in [2.75, 3.05) is 13.7 Å². The number of hydrogen-bond donors (Lipinski definition) is 2. The summed E-state index contributed by atoms with van der Waals surface area (Å²) in [5.74, 6) is 1.10. The highest BCUT2D eigenvalue weighted by molar-refractivity contribution is 6.31. The number of nitrogens with one attached hydrogen (secondary N) is 1. The first-order valence-electron chi connectivity index (χ1n) is 7.46. The van der Waals surface area contributed by atoms with Crippen molar-refractivity contribution >= 4 is 17.5 Å². The number of methoxy groups -OCH3 is 1. The Bertz CT molecular complexity index is 493. The quantitative estimate of drug-likeness (QED) is 0.879. The van der Waals surface area contributed by atoms with Crippen LogP contribution in [0.15, 0.2) is 18.2 Å². The first-order chi connectivity index (χ1) is 10.2. The Morgan fingerprint density at radius 1 is 1.43 bits per heavy atom. The molecule has 1 aromatic rings. The number of ether oxygens (including phenoxy) is 1. The van der Waals surface area contributed by atoms with E-state index in [9.17, 15) is 4.79 Å². The molecule has 0 saturated heterocycles. The van der Waals surface area contributed by atoms with Crippen LogP contribution >= 0.6 is 11.6 Å². The van der Waals surface area contributed by atoms with Crippen LogP contribution in [0.2, 0.25) is 5.02 Å². The van der Waals surface area contributed by atoms with Crippen molar-refractivity contribution in [1.82, 2.24) is 5.32 Å². The lowest BCUT2D eigenvalue weighted by Gasteiger charge is -2.29. The largest absolute Gasteiger partial charge is 0.496 e. The molecule has 1 saturated carbocycles. The lowest BCUT2D eigenvalue weighted by Crippen LogP contribution is -2.39. The number of benzene rings is 1. The molecular formula is C16H23ClN2O2. The van der Waals surface area contributed by atoms with Crippen LogP contribution in [0.4, 0.5) is 0 Å². The Hall–Kier alpha value is -1.26. The molecule has 2 unspecified atom stereocenters. The molecule has 1 fully saturated rings. The summed E-state index contributed by atoms with van der Waals surface area (Å²) in [7, 11) is 1.60. The topological polar surface area (TPSA) is 64.3 Å². The highest BCUT2D eigenvalue weighted by Crippen LogP contribution is 2.30. The van der Waals surface area contributed by atoms with E-state index >= 15 is 0 Å². The van der Waals surface area contributed by atoms with E-state index in [-0.39, 0.29) is 11.8 Å². The summed E-state index contributed by atoms with van der Waals surface area (Å²) in [5, 5.41) is 3.59. The minimum atomic E-state index is 0.0252. The Morgan fingerprint density at radius 2 is 2.19 bits per heavy atom. The molecule has 21 heavy (non-hydrogen) atoms. The monoisotopic (exact) mass is 310 g/mol. The molecule has 5 heteroatoms. The van der Waals surface area contributed by atoms with Gasteiger partial charge >= 0.3 is 0 Å². The molecule has 3 N–H and O–H groups in total. The molecule has 0 aliphatic heterocycles. The van der Waals surface area contributed by atoms with Crippen molar-refractivity contribution in [2.24, 2.45) is 17.6 Å². The lowest BCUT2D eigenvalue weighted by atomic mass is 9.79. The van der Waals surface area contributed by atoms with Gasteiger partial charge in [-0.2, -0.15) is 0 Å². The lowest BCUT2D eigenvalue weighted by molar-refractivity contribution is -0.127. The molecule has 1 aliphatic rings. The van der Waals surface area contributed by atoms with Gasteiger partial charge in [-0.1, -0.05) is 30.5 Å². The van der Waals surface area contributed by atoms with Gasteiger partial charge in [0, 0.05) is 23.0 Å². The maximum atomic E-state index is 12.4. The molecule has 0 radical (unpaired) electrons. The van der Waals surface area contributed by atoms with Gasteiger partial charge in [-0.25, -0.2) is 0 Å². The van der Waals surface area contributed by atoms with Gasteiger partial charge < -0.3 is 15.8 Å². The van der Waals surface area contributed by atoms with Crippen LogP contribution in [-0.4, -0.2) is 19.6 Å². The fourth-order valence-electron chi connectivity index (χ4n) is 3.04. The van der Waals surface area contributed by atoms with Crippen molar-refractivity contribution in [3.05, 3.63) is 28.8 Å². The summed E-state index contributed by atoms with van der Waals surface area (Å²) in [6.45, 7) is 0.961. The summed E-state index contributed by atoms with van der Waals surface area (Å²) in [6.07, 6.45) is 4.24. The molecule has 1 aliphatic carbocycles. The van der Waals surface area contributed by atoms with Crippen molar-refractivity contribution in [3.8, 4) is 5.75 Å². The van der Waals surface area contributed by atoms with E-state index in [1.165, 1.54) is 6.42 Å². The third-order valence-electron chi connectivity index (χ3n) is 4.28. The van der Waals surface area contributed by atoms with Crippen molar-refractivity contribution in [1.29, 1.82) is 0 Å². The van der Waals surface area contributed by atoms with Gasteiger partial charge in [-0.05, 0) is 37.4 Å². The number of rotatable bonds is 5. The van der Waals surface area contributed by atoms with Crippen LogP contribution in [0.3, 0.4) is 0 Å². The van der Waals surface area contributed by atoms with Gasteiger partial charge in [0.2, 0.25) is 5.91 Å². The second kappa shape index (κ2) is 7.66. The maximum Gasteiger partial charge on any atom is 0.223 e. The molecule has 4 nitrogen and oxygen atoms in total. The molecule has 0 bridgehead atoms. The molecule has 1 aromatic carbocycles. The average molecular weight is 311 g/mol. The number of nitrogens with two attached hydrogens (primary N) is 1. The van der Waals surface area contributed by atoms with Crippen LogP contribution in [-0.2, 0) is 11.3 Å². The second-order valence-corrected chi connectivity index (χ2v) is 5.93. The van der Waals surface area contributed by atoms with Gasteiger partial charge in [-0.15, -0.1) is 0 Å². The minimum Gasteiger partial charge on any atom is -0.496 e. The van der Waals surface area contributed by atoms with Crippen LogP contribution in [0, 0.1) is 11.8 Å². The van der Waals surface area contributed by atoms with E-state index in [0.717, 1.165) is 24.8 Å². The highest BCUT2D eigenvalue weighted by Gasteiger charge is 2.29. The first kappa shape index (κ1) is 16.1. The predicted octanol–water partition coefficient (Wildman–Crippen LogP) is 2.73. The van der Waals surface area contributed by atoms with E-state index in [4.69, 9.17) is 22.1 Å².